The molecule has 0 radical (unpaired) electrons. The normalized spacial score (nSPS) is 10.7. The average Bonchev–Trinajstić information content (AvgIpc) is 2.74. The second-order valence-electron chi connectivity index (χ2n) is 6.70. The van der Waals surface area contributed by atoms with Crippen molar-refractivity contribution in [3.8, 4) is 11.3 Å². The van der Waals surface area contributed by atoms with Crippen LogP contribution >= 0.6 is 0 Å². The van der Waals surface area contributed by atoms with E-state index in [-0.39, 0.29) is 11.6 Å². The number of nitrogens with zero attached hydrogens (tertiary/aromatic N) is 2. The summed E-state index contributed by atoms with van der Waals surface area (Å²) in [6.45, 7) is 2.01. The van der Waals surface area contributed by atoms with Crippen molar-refractivity contribution >= 4 is 28.2 Å². The number of aromatic nitrogens is 1. The Kier molecular flexibility index (Phi) is 4.75. The van der Waals surface area contributed by atoms with E-state index in [0.717, 1.165) is 22.0 Å². The molecule has 1 N–H and O–H groups in total. The highest BCUT2D eigenvalue weighted by Gasteiger charge is 2.15. The van der Waals surface area contributed by atoms with Gasteiger partial charge in [-0.2, -0.15) is 0 Å². The van der Waals surface area contributed by atoms with Gasteiger partial charge in [-0.05, 0) is 31.2 Å². The van der Waals surface area contributed by atoms with Crippen molar-refractivity contribution < 1.29 is 9.72 Å². The van der Waals surface area contributed by atoms with E-state index in [2.05, 4.69) is 5.32 Å². The van der Waals surface area contributed by atoms with Gasteiger partial charge in [0, 0.05) is 28.8 Å². The van der Waals surface area contributed by atoms with Gasteiger partial charge >= 0.3 is 0 Å². The number of nitrogens with one attached hydrogen (secondary N) is 1. The third-order valence-corrected chi connectivity index (χ3v) is 4.64. The number of aryl methyl sites for hydroxylation is 1. The predicted octanol–water partition coefficient (Wildman–Crippen LogP) is 5.37. The minimum atomic E-state index is -0.476. The van der Waals surface area contributed by atoms with Crippen molar-refractivity contribution in [3.63, 3.8) is 0 Å². The molecule has 0 aliphatic rings. The summed E-state index contributed by atoms with van der Waals surface area (Å²) in [6.07, 6.45) is 0. The molecule has 6 nitrogen and oxygen atoms in total. The van der Waals surface area contributed by atoms with E-state index < -0.39 is 4.92 Å². The molecule has 4 rings (SSSR count). The van der Waals surface area contributed by atoms with Crippen LogP contribution in [0.2, 0.25) is 0 Å². The van der Waals surface area contributed by atoms with Crippen LogP contribution < -0.4 is 5.32 Å². The molecule has 3 aromatic carbocycles. The molecule has 142 valence electrons. The molecular formula is C23H17N3O3. The van der Waals surface area contributed by atoms with Crippen molar-refractivity contribution in [1.82, 2.24) is 4.98 Å². The fourth-order valence-electron chi connectivity index (χ4n) is 3.10. The summed E-state index contributed by atoms with van der Waals surface area (Å²) in [5.41, 5.74) is 4.44. The second-order valence-corrected chi connectivity index (χ2v) is 6.70. The van der Waals surface area contributed by atoms with Gasteiger partial charge in [0.1, 0.15) is 0 Å². The van der Waals surface area contributed by atoms with E-state index in [1.165, 1.54) is 24.3 Å². The number of rotatable bonds is 4. The van der Waals surface area contributed by atoms with Crippen LogP contribution in [-0.4, -0.2) is 15.8 Å². The van der Waals surface area contributed by atoms with Gasteiger partial charge in [-0.3, -0.25) is 14.9 Å². The summed E-state index contributed by atoms with van der Waals surface area (Å²) in [5.74, 6) is -0.300. The largest absolute Gasteiger partial charge is 0.322 e. The first-order valence-corrected chi connectivity index (χ1v) is 9.04. The molecular weight excluding hydrogens is 366 g/mol. The van der Waals surface area contributed by atoms with Gasteiger partial charge in [-0.25, -0.2) is 4.98 Å². The Balaban J connectivity index is 1.74. The Morgan fingerprint density at radius 2 is 1.66 bits per heavy atom. The molecule has 4 aromatic rings. The Hall–Kier alpha value is -4.06. The number of hydrogen-bond acceptors (Lipinski definition) is 4. The smallest absolute Gasteiger partial charge is 0.269 e. The van der Waals surface area contributed by atoms with Crippen LogP contribution in [0.4, 0.5) is 11.4 Å². The van der Waals surface area contributed by atoms with Gasteiger partial charge < -0.3 is 5.32 Å². The summed E-state index contributed by atoms with van der Waals surface area (Å²) in [7, 11) is 0. The first kappa shape index (κ1) is 18.3. The van der Waals surface area contributed by atoms with E-state index in [1.54, 1.807) is 6.07 Å². The molecule has 6 heteroatoms. The molecule has 0 bridgehead atoms. The van der Waals surface area contributed by atoms with Crippen LogP contribution in [0, 0.1) is 17.0 Å². The van der Waals surface area contributed by atoms with Crippen LogP contribution in [0.15, 0.2) is 78.9 Å². The molecule has 0 atom stereocenters. The number of anilines is 1. The summed E-state index contributed by atoms with van der Waals surface area (Å²) in [6, 6.07) is 22.9. The number of para-hydroxylation sites is 1. The number of nitro benzene ring substituents is 1. The standard InChI is InChI=1S/C23H17N3O3/c1-15-6-8-16(9-7-15)22-14-20(19-4-2-3-5-21(19)25-22)23(27)24-17-10-12-18(13-11-17)26(28)29/h2-14H,1H3,(H,24,27). The lowest BCUT2D eigenvalue weighted by Crippen LogP contribution is -2.13. The lowest BCUT2D eigenvalue weighted by atomic mass is 10.0. The van der Waals surface area contributed by atoms with E-state index in [9.17, 15) is 14.9 Å². The van der Waals surface area contributed by atoms with E-state index in [1.807, 2.05) is 55.5 Å². The van der Waals surface area contributed by atoms with Crippen molar-refractivity contribution in [1.29, 1.82) is 0 Å². The number of amides is 1. The minimum Gasteiger partial charge on any atom is -0.322 e. The highest BCUT2D eigenvalue weighted by atomic mass is 16.6. The van der Waals surface area contributed by atoms with Crippen LogP contribution in [0.3, 0.4) is 0 Å². The molecule has 1 heterocycles. The Bertz CT molecular complexity index is 1220. The van der Waals surface area contributed by atoms with Crippen LogP contribution in [0.1, 0.15) is 15.9 Å². The van der Waals surface area contributed by atoms with Crippen molar-refractivity contribution in [2.24, 2.45) is 0 Å². The molecule has 1 aromatic heterocycles. The van der Waals surface area contributed by atoms with E-state index >= 15 is 0 Å². The number of fused-ring (bicyclic) bond motifs is 1. The first-order chi connectivity index (χ1) is 14.0. The maximum Gasteiger partial charge on any atom is 0.269 e. The number of hydrogen-bond donors (Lipinski definition) is 1. The molecule has 0 aliphatic heterocycles. The lowest BCUT2D eigenvalue weighted by molar-refractivity contribution is -0.384. The highest BCUT2D eigenvalue weighted by molar-refractivity contribution is 6.13. The van der Waals surface area contributed by atoms with Gasteiger partial charge in [-0.1, -0.05) is 48.0 Å². The number of nitro groups is 1. The maximum atomic E-state index is 13.0. The monoisotopic (exact) mass is 383 g/mol. The molecule has 0 spiro atoms. The summed E-state index contributed by atoms with van der Waals surface area (Å²) < 4.78 is 0. The lowest BCUT2D eigenvalue weighted by Gasteiger charge is -2.11. The number of benzene rings is 3. The van der Waals surface area contributed by atoms with Crippen LogP contribution in [0.25, 0.3) is 22.2 Å². The van der Waals surface area contributed by atoms with E-state index in [4.69, 9.17) is 4.98 Å². The summed E-state index contributed by atoms with van der Waals surface area (Å²) >= 11 is 0. The molecule has 1 amide bonds. The quantitative estimate of drug-likeness (QED) is 0.379. The zero-order valence-corrected chi connectivity index (χ0v) is 15.6. The van der Waals surface area contributed by atoms with Gasteiger partial charge in [0.05, 0.1) is 21.7 Å². The second kappa shape index (κ2) is 7.52. The highest BCUT2D eigenvalue weighted by Crippen LogP contribution is 2.26. The molecule has 0 unspecified atom stereocenters. The Morgan fingerprint density at radius 3 is 2.34 bits per heavy atom. The van der Waals surface area contributed by atoms with Crippen LogP contribution in [-0.2, 0) is 0 Å². The number of carbonyl (C=O) groups excluding carboxylic acids is 1. The summed E-state index contributed by atoms with van der Waals surface area (Å²) in [5, 5.41) is 14.4. The van der Waals surface area contributed by atoms with Crippen molar-refractivity contribution in [2.45, 2.75) is 6.92 Å². The SMILES string of the molecule is Cc1ccc(-c2cc(C(=O)Nc3ccc([N+](=O)[O-])cc3)c3ccccc3n2)cc1. The van der Waals surface area contributed by atoms with E-state index in [0.29, 0.717) is 16.9 Å². The topological polar surface area (TPSA) is 85.1 Å². The third kappa shape index (κ3) is 3.82. The fourth-order valence-corrected chi connectivity index (χ4v) is 3.10. The molecule has 29 heavy (non-hydrogen) atoms. The average molecular weight is 383 g/mol. The van der Waals surface area contributed by atoms with Gasteiger partial charge in [0.2, 0.25) is 0 Å². The zero-order chi connectivity index (χ0) is 20.4. The number of non-ortho nitro benzene ring substituents is 1. The predicted molar refractivity (Wildman–Crippen MR) is 113 cm³/mol. The third-order valence-electron chi connectivity index (χ3n) is 4.64. The van der Waals surface area contributed by atoms with Gasteiger partial charge in [0.25, 0.3) is 11.6 Å². The van der Waals surface area contributed by atoms with Crippen molar-refractivity contribution in [2.75, 3.05) is 5.32 Å². The molecule has 0 saturated heterocycles. The minimum absolute atomic E-state index is 0.0287. The Morgan fingerprint density at radius 1 is 0.966 bits per heavy atom. The van der Waals surface area contributed by atoms with Crippen molar-refractivity contribution in [3.05, 3.63) is 100 Å². The maximum absolute atomic E-state index is 13.0. The molecule has 0 fully saturated rings. The van der Waals surface area contributed by atoms with Gasteiger partial charge in [-0.15, -0.1) is 0 Å². The number of carbonyl (C=O) groups is 1. The molecule has 0 aliphatic carbocycles. The molecule has 0 saturated carbocycles. The number of pyridine rings is 1. The first-order valence-electron chi connectivity index (χ1n) is 9.04. The zero-order valence-electron chi connectivity index (χ0n) is 15.6. The summed E-state index contributed by atoms with van der Waals surface area (Å²) in [4.78, 5) is 28.0. The Labute approximate surface area is 167 Å². The van der Waals surface area contributed by atoms with Crippen LogP contribution in [0.5, 0.6) is 0 Å². The fraction of sp³-hybridized carbons (Fsp3) is 0.0435. The van der Waals surface area contributed by atoms with Gasteiger partial charge in [0.15, 0.2) is 0 Å².